The van der Waals surface area contributed by atoms with E-state index in [1.165, 1.54) is 38.7 Å². The van der Waals surface area contributed by atoms with Crippen LogP contribution < -0.4 is 30.5 Å². The molecule has 8 rings (SSSR count). The summed E-state index contributed by atoms with van der Waals surface area (Å²) in [5, 5.41) is 4.02. The Hall–Kier alpha value is -4.07. The molecule has 5 aromatic carbocycles. The first-order valence-corrected chi connectivity index (χ1v) is 12.8. The van der Waals surface area contributed by atoms with Crippen molar-refractivity contribution in [2.24, 2.45) is 0 Å². The highest BCUT2D eigenvalue weighted by molar-refractivity contribution is 7.81. The first-order valence-electron chi connectivity index (χ1n) is 11.5. The highest BCUT2D eigenvalue weighted by Gasteiger charge is 2.45. The van der Waals surface area contributed by atoms with E-state index >= 15 is 0 Å². The summed E-state index contributed by atoms with van der Waals surface area (Å²) in [6, 6.07) is 41.0. The molecule has 0 fully saturated rings. The van der Waals surface area contributed by atoms with Gasteiger partial charge >= 0.3 is 0 Å². The molecule has 4 heteroatoms. The summed E-state index contributed by atoms with van der Waals surface area (Å²) in [5.74, 6) is 1.95. The molecule has 0 bridgehead atoms. The Morgan fingerprint density at radius 3 is 1.29 bits per heavy atom. The summed E-state index contributed by atoms with van der Waals surface area (Å²) in [7, 11) is -0.746. The van der Waals surface area contributed by atoms with Gasteiger partial charge in [0.15, 0.2) is 0 Å². The molecule has 5 aromatic rings. The van der Waals surface area contributed by atoms with Crippen LogP contribution in [0.3, 0.4) is 0 Å². The minimum atomic E-state index is -0.746. The summed E-state index contributed by atoms with van der Waals surface area (Å²) in [4.78, 5) is 4.81. The van der Waals surface area contributed by atoms with E-state index in [-0.39, 0.29) is 0 Å². The number of hydrogen-bond acceptors (Lipinski definition) is 3. The van der Waals surface area contributed by atoms with E-state index in [9.17, 15) is 0 Å². The zero-order valence-electron chi connectivity index (χ0n) is 18.2. The molecule has 0 spiro atoms. The molecule has 0 saturated carbocycles. The number of ether oxygens (including phenoxy) is 1. The highest BCUT2D eigenvalue weighted by Crippen LogP contribution is 2.61. The van der Waals surface area contributed by atoms with Gasteiger partial charge in [-0.15, -0.1) is 0 Å². The van der Waals surface area contributed by atoms with Crippen molar-refractivity contribution in [1.82, 2.24) is 0 Å². The van der Waals surface area contributed by atoms with Gasteiger partial charge in [-0.2, -0.15) is 0 Å². The van der Waals surface area contributed by atoms with E-state index in [0.29, 0.717) is 0 Å². The minimum Gasteiger partial charge on any atom is -0.456 e. The fourth-order valence-corrected chi connectivity index (χ4v) is 8.50. The van der Waals surface area contributed by atoms with Crippen LogP contribution in [0, 0.1) is 0 Å². The average molecular weight is 454 g/mol. The predicted octanol–water partition coefficient (Wildman–Crippen LogP) is 7.12. The van der Waals surface area contributed by atoms with Crippen molar-refractivity contribution in [2.75, 3.05) is 9.80 Å². The lowest BCUT2D eigenvalue weighted by Gasteiger charge is -2.47. The van der Waals surface area contributed by atoms with Crippen LogP contribution in [0.4, 0.5) is 34.1 Å². The molecule has 0 unspecified atom stereocenters. The molecular formula is C30H19N2OP. The van der Waals surface area contributed by atoms with E-state index in [1.54, 1.807) is 0 Å². The maximum absolute atomic E-state index is 6.58. The second-order valence-corrected chi connectivity index (χ2v) is 10.7. The summed E-state index contributed by atoms with van der Waals surface area (Å²) in [5.41, 5.74) is 7.26. The number of rotatable bonds is 2. The quantitative estimate of drug-likeness (QED) is 0.259. The summed E-state index contributed by atoms with van der Waals surface area (Å²) in [6.45, 7) is 0. The Balaban J connectivity index is 1.52. The van der Waals surface area contributed by atoms with Crippen LogP contribution in [0.1, 0.15) is 0 Å². The molecule has 0 aliphatic carbocycles. The van der Waals surface area contributed by atoms with Crippen molar-refractivity contribution < 1.29 is 4.74 Å². The van der Waals surface area contributed by atoms with Crippen molar-refractivity contribution in [2.45, 2.75) is 0 Å². The van der Waals surface area contributed by atoms with Gasteiger partial charge in [0.2, 0.25) is 0 Å². The maximum Gasteiger partial charge on any atom is 0.137 e. The minimum absolute atomic E-state index is 0.746. The van der Waals surface area contributed by atoms with E-state index in [2.05, 4.69) is 125 Å². The Kier molecular flexibility index (Phi) is 3.63. The van der Waals surface area contributed by atoms with Crippen molar-refractivity contribution in [3.05, 3.63) is 115 Å². The third-order valence-corrected chi connectivity index (χ3v) is 9.53. The Morgan fingerprint density at radius 1 is 0.412 bits per heavy atom. The third kappa shape index (κ3) is 2.30. The van der Waals surface area contributed by atoms with Gasteiger partial charge in [-0.05, 0) is 60.7 Å². The summed E-state index contributed by atoms with van der Waals surface area (Å²) < 4.78 is 6.58. The van der Waals surface area contributed by atoms with E-state index in [1.807, 2.05) is 0 Å². The summed E-state index contributed by atoms with van der Waals surface area (Å²) >= 11 is 0. The zero-order valence-corrected chi connectivity index (χ0v) is 19.1. The van der Waals surface area contributed by atoms with Crippen molar-refractivity contribution in [3.8, 4) is 11.5 Å². The van der Waals surface area contributed by atoms with Crippen LogP contribution >= 0.6 is 7.92 Å². The van der Waals surface area contributed by atoms with Crippen LogP contribution in [0.2, 0.25) is 0 Å². The van der Waals surface area contributed by atoms with Gasteiger partial charge in [-0.3, -0.25) is 0 Å². The van der Waals surface area contributed by atoms with Crippen LogP contribution in [0.15, 0.2) is 115 Å². The molecule has 160 valence electrons. The number of hydrogen-bond donors (Lipinski definition) is 0. The topological polar surface area (TPSA) is 15.7 Å². The molecule has 34 heavy (non-hydrogen) atoms. The van der Waals surface area contributed by atoms with Gasteiger partial charge in [-0.25, -0.2) is 0 Å². The fraction of sp³-hybridized carbons (Fsp3) is 0. The SMILES string of the molecule is c1ccc(N2c3cccc4c3P3c5c(cccc5N(c5ccccc5)c5cccc2c53)O4)cc1. The predicted molar refractivity (Wildman–Crippen MR) is 142 cm³/mol. The standard InChI is InChI=1S/C30H19N2OP/c1-3-10-20(11-4-1)31-22-14-7-15-23-28(22)34-29-24(31)16-8-18-26(29)33-27-19-9-17-25(30(27)34)32(23)21-12-5-2-6-13-21/h1-19H. The molecule has 3 aliphatic rings. The summed E-state index contributed by atoms with van der Waals surface area (Å²) in [6.07, 6.45) is 0. The van der Waals surface area contributed by atoms with Crippen molar-refractivity contribution in [1.29, 1.82) is 0 Å². The van der Waals surface area contributed by atoms with Gasteiger partial charge < -0.3 is 14.5 Å². The number of benzene rings is 5. The first kappa shape index (κ1) is 18.4. The second-order valence-electron chi connectivity index (χ2n) is 8.67. The van der Waals surface area contributed by atoms with Gasteiger partial charge in [0.05, 0.1) is 33.4 Å². The van der Waals surface area contributed by atoms with E-state index in [0.717, 1.165) is 22.9 Å². The lowest BCUT2D eigenvalue weighted by molar-refractivity contribution is 0.488. The second kappa shape index (κ2) is 6.72. The lowest BCUT2D eigenvalue weighted by atomic mass is 10.1. The van der Waals surface area contributed by atoms with Gasteiger partial charge in [0.1, 0.15) is 11.5 Å². The van der Waals surface area contributed by atoms with Gasteiger partial charge in [0, 0.05) is 24.6 Å². The van der Waals surface area contributed by atoms with E-state index in [4.69, 9.17) is 4.74 Å². The van der Waals surface area contributed by atoms with E-state index < -0.39 is 7.92 Å². The lowest BCUT2D eigenvalue weighted by Crippen LogP contribution is -2.42. The fourth-order valence-electron chi connectivity index (χ4n) is 5.53. The monoisotopic (exact) mass is 454 g/mol. The number of nitrogens with zero attached hydrogens (tertiary/aromatic N) is 2. The molecule has 3 nitrogen and oxygen atoms in total. The van der Waals surface area contributed by atoms with Crippen LogP contribution in [-0.4, -0.2) is 0 Å². The number of anilines is 6. The molecule has 0 saturated heterocycles. The van der Waals surface area contributed by atoms with Gasteiger partial charge in [-0.1, -0.05) is 54.6 Å². The molecular weight excluding hydrogens is 435 g/mol. The number of para-hydroxylation sites is 2. The van der Waals surface area contributed by atoms with Crippen molar-refractivity contribution in [3.63, 3.8) is 0 Å². The zero-order chi connectivity index (χ0) is 22.2. The average Bonchev–Trinajstić information content (AvgIpc) is 2.90. The molecule has 3 aliphatic heterocycles. The maximum atomic E-state index is 6.58. The smallest absolute Gasteiger partial charge is 0.137 e. The Bertz CT molecular complexity index is 1480. The van der Waals surface area contributed by atoms with Crippen LogP contribution in [0.25, 0.3) is 0 Å². The first-order chi connectivity index (χ1) is 16.9. The molecule has 0 atom stereocenters. The normalized spacial score (nSPS) is 14.5. The Labute approximate surface area is 199 Å². The molecule has 0 amide bonds. The Morgan fingerprint density at radius 2 is 0.824 bits per heavy atom. The molecule has 0 radical (unpaired) electrons. The molecule has 0 aromatic heterocycles. The van der Waals surface area contributed by atoms with Crippen molar-refractivity contribution >= 4 is 58.0 Å². The third-order valence-electron chi connectivity index (χ3n) is 6.83. The van der Waals surface area contributed by atoms with Crippen LogP contribution in [-0.2, 0) is 0 Å². The van der Waals surface area contributed by atoms with Crippen LogP contribution in [0.5, 0.6) is 11.5 Å². The largest absolute Gasteiger partial charge is 0.456 e. The highest BCUT2D eigenvalue weighted by atomic mass is 31.1. The molecule has 3 heterocycles. The van der Waals surface area contributed by atoms with Gasteiger partial charge in [0.25, 0.3) is 0 Å². The molecule has 0 N–H and O–H groups in total.